The molecule has 0 N–H and O–H groups in total. The third kappa shape index (κ3) is 1.66. The van der Waals surface area contributed by atoms with Crippen molar-refractivity contribution in [3.05, 3.63) is 0 Å². The first-order valence-corrected chi connectivity index (χ1v) is 5.45. The second kappa shape index (κ2) is 3.00. The van der Waals surface area contributed by atoms with E-state index in [1.165, 1.54) is 19.3 Å². The van der Waals surface area contributed by atoms with Crippen LogP contribution in [-0.4, -0.2) is 3.92 Å². The molecule has 1 rings (SSSR count). The molecule has 1 aliphatic carbocycles. The molecule has 0 spiro atoms. The molecule has 2 atom stereocenters. The zero-order valence-corrected chi connectivity index (χ0v) is 9.31. The van der Waals surface area contributed by atoms with Crippen LogP contribution in [0.1, 0.15) is 40.0 Å². The van der Waals surface area contributed by atoms with Crippen LogP contribution in [0, 0.1) is 11.3 Å². The number of rotatable bonds is 1. The van der Waals surface area contributed by atoms with E-state index in [2.05, 4.69) is 43.4 Å². The van der Waals surface area contributed by atoms with Crippen molar-refractivity contribution in [1.82, 2.24) is 0 Å². The predicted octanol–water partition coefficient (Wildman–Crippen LogP) is 3.64. The highest BCUT2D eigenvalue weighted by Gasteiger charge is 2.37. The van der Waals surface area contributed by atoms with Gasteiger partial charge in [0, 0.05) is 3.92 Å². The van der Waals surface area contributed by atoms with Crippen LogP contribution in [0.15, 0.2) is 0 Å². The second-order valence-electron chi connectivity index (χ2n) is 4.13. The summed E-state index contributed by atoms with van der Waals surface area (Å²) in [6.45, 7) is 7.15. The van der Waals surface area contributed by atoms with Crippen molar-refractivity contribution in [2.75, 3.05) is 0 Å². The molecule has 0 heterocycles. The van der Waals surface area contributed by atoms with Gasteiger partial charge in [-0.25, -0.2) is 0 Å². The highest BCUT2D eigenvalue weighted by atomic mass is 127. The summed E-state index contributed by atoms with van der Waals surface area (Å²) in [6, 6.07) is 0. The van der Waals surface area contributed by atoms with Crippen molar-refractivity contribution < 1.29 is 0 Å². The van der Waals surface area contributed by atoms with E-state index in [-0.39, 0.29) is 0 Å². The van der Waals surface area contributed by atoms with Crippen LogP contribution in [-0.2, 0) is 0 Å². The van der Waals surface area contributed by atoms with Gasteiger partial charge in [0.1, 0.15) is 0 Å². The summed E-state index contributed by atoms with van der Waals surface area (Å²) in [7, 11) is 0. The molecule has 1 fully saturated rings. The molecule has 0 aliphatic heterocycles. The summed E-state index contributed by atoms with van der Waals surface area (Å²) < 4.78 is 0.942. The molecule has 0 aromatic rings. The molecule has 0 nitrogen and oxygen atoms in total. The molecule has 0 saturated heterocycles. The first-order chi connectivity index (χ1) is 4.56. The maximum absolute atomic E-state index is 2.60. The molecule has 0 radical (unpaired) electrons. The molecular weight excluding hydrogens is 235 g/mol. The van der Waals surface area contributed by atoms with E-state index >= 15 is 0 Å². The van der Waals surface area contributed by atoms with Crippen molar-refractivity contribution >= 4 is 22.6 Å². The standard InChI is InChI=1S/C9H17I/c1-4-7-5-8(10)6-9(7,2)3/h7-8H,4-6H2,1-3H3/t7-,8?/m1/s1. The summed E-state index contributed by atoms with van der Waals surface area (Å²) in [5.74, 6) is 0.981. The van der Waals surface area contributed by atoms with Gasteiger partial charge in [0.05, 0.1) is 0 Å². The third-order valence-corrected chi connectivity index (χ3v) is 3.83. The molecule has 1 heteroatoms. The van der Waals surface area contributed by atoms with Crippen LogP contribution in [0.25, 0.3) is 0 Å². The second-order valence-corrected chi connectivity index (χ2v) is 5.89. The van der Waals surface area contributed by atoms with Crippen molar-refractivity contribution in [2.24, 2.45) is 11.3 Å². The van der Waals surface area contributed by atoms with Gasteiger partial charge < -0.3 is 0 Å². The Balaban J connectivity index is 2.58. The summed E-state index contributed by atoms with van der Waals surface area (Å²) >= 11 is 2.60. The molecule has 1 unspecified atom stereocenters. The van der Waals surface area contributed by atoms with Gasteiger partial charge in [-0.05, 0) is 24.2 Å². The maximum Gasteiger partial charge on any atom is 0.0118 e. The Kier molecular flexibility index (Phi) is 2.64. The molecule has 0 amide bonds. The minimum atomic E-state index is 0.626. The lowest BCUT2D eigenvalue weighted by atomic mass is 9.80. The quantitative estimate of drug-likeness (QED) is 0.493. The lowest BCUT2D eigenvalue weighted by Gasteiger charge is -2.25. The van der Waals surface area contributed by atoms with Crippen molar-refractivity contribution in [2.45, 2.75) is 44.0 Å². The SMILES string of the molecule is CC[C@@H]1CC(I)CC1(C)C. The molecule has 0 bridgehead atoms. The Morgan fingerprint density at radius 1 is 1.50 bits per heavy atom. The fourth-order valence-electron chi connectivity index (χ4n) is 2.17. The van der Waals surface area contributed by atoms with Gasteiger partial charge in [-0.2, -0.15) is 0 Å². The maximum atomic E-state index is 2.60. The largest absolute Gasteiger partial charge is 0.0826 e. The van der Waals surface area contributed by atoms with Gasteiger partial charge in [0.15, 0.2) is 0 Å². The highest BCUT2D eigenvalue weighted by molar-refractivity contribution is 14.1. The van der Waals surface area contributed by atoms with Crippen LogP contribution in [0.4, 0.5) is 0 Å². The Morgan fingerprint density at radius 2 is 2.10 bits per heavy atom. The minimum Gasteiger partial charge on any atom is -0.0826 e. The first kappa shape index (κ1) is 8.82. The van der Waals surface area contributed by atoms with Gasteiger partial charge in [-0.1, -0.05) is 49.8 Å². The number of hydrogen-bond donors (Lipinski definition) is 0. The molecule has 10 heavy (non-hydrogen) atoms. The van der Waals surface area contributed by atoms with E-state index < -0.39 is 0 Å². The van der Waals surface area contributed by atoms with Crippen LogP contribution < -0.4 is 0 Å². The van der Waals surface area contributed by atoms with Crippen LogP contribution in [0.2, 0.25) is 0 Å². The molecule has 1 aliphatic rings. The lowest BCUT2D eigenvalue weighted by molar-refractivity contribution is 0.253. The highest BCUT2D eigenvalue weighted by Crippen LogP contribution is 2.47. The van der Waals surface area contributed by atoms with E-state index in [0.717, 1.165) is 9.84 Å². The molecule has 0 aromatic carbocycles. The fourth-order valence-corrected chi connectivity index (χ4v) is 3.92. The molecule has 1 saturated carbocycles. The van der Waals surface area contributed by atoms with E-state index in [0.29, 0.717) is 5.41 Å². The molecule has 60 valence electrons. The summed E-state index contributed by atoms with van der Waals surface area (Å²) in [5, 5.41) is 0. The Labute approximate surface area is 77.9 Å². The Hall–Kier alpha value is 0.730. The lowest BCUT2D eigenvalue weighted by Crippen LogP contribution is -2.15. The van der Waals surface area contributed by atoms with Crippen LogP contribution >= 0.6 is 22.6 Å². The number of hydrogen-bond acceptors (Lipinski definition) is 0. The van der Waals surface area contributed by atoms with Crippen LogP contribution in [0.5, 0.6) is 0 Å². The van der Waals surface area contributed by atoms with Gasteiger partial charge in [0.25, 0.3) is 0 Å². The zero-order chi connectivity index (χ0) is 7.78. The number of alkyl halides is 1. The average molecular weight is 252 g/mol. The fraction of sp³-hybridized carbons (Fsp3) is 1.00. The van der Waals surface area contributed by atoms with E-state index in [9.17, 15) is 0 Å². The minimum absolute atomic E-state index is 0.626. The zero-order valence-electron chi connectivity index (χ0n) is 7.15. The van der Waals surface area contributed by atoms with Gasteiger partial charge in [-0.3, -0.25) is 0 Å². The Morgan fingerprint density at radius 3 is 2.30 bits per heavy atom. The summed E-state index contributed by atoms with van der Waals surface area (Å²) in [4.78, 5) is 0. The average Bonchev–Trinajstić information content (AvgIpc) is 2.04. The topological polar surface area (TPSA) is 0 Å². The van der Waals surface area contributed by atoms with Crippen molar-refractivity contribution in [3.8, 4) is 0 Å². The van der Waals surface area contributed by atoms with E-state index in [1.807, 2.05) is 0 Å². The summed E-state index contributed by atoms with van der Waals surface area (Å²) in [5.41, 5.74) is 0.626. The van der Waals surface area contributed by atoms with Crippen molar-refractivity contribution in [3.63, 3.8) is 0 Å². The molecular formula is C9H17I. The smallest absolute Gasteiger partial charge is 0.0118 e. The normalized spacial score (nSPS) is 38.4. The number of halogens is 1. The van der Waals surface area contributed by atoms with E-state index in [4.69, 9.17) is 0 Å². The van der Waals surface area contributed by atoms with Crippen LogP contribution in [0.3, 0.4) is 0 Å². The Bertz CT molecular complexity index is 118. The first-order valence-electron chi connectivity index (χ1n) is 4.20. The predicted molar refractivity (Wildman–Crippen MR) is 54.6 cm³/mol. The van der Waals surface area contributed by atoms with Crippen molar-refractivity contribution in [1.29, 1.82) is 0 Å². The van der Waals surface area contributed by atoms with Gasteiger partial charge in [-0.15, -0.1) is 0 Å². The van der Waals surface area contributed by atoms with E-state index in [1.54, 1.807) is 0 Å². The van der Waals surface area contributed by atoms with Gasteiger partial charge in [0.2, 0.25) is 0 Å². The molecule has 0 aromatic heterocycles. The third-order valence-electron chi connectivity index (χ3n) is 2.89. The monoisotopic (exact) mass is 252 g/mol. The van der Waals surface area contributed by atoms with Gasteiger partial charge >= 0.3 is 0 Å². The summed E-state index contributed by atoms with van der Waals surface area (Å²) in [6.07, 6.45) is 4.24.